The van der Waals surface area contributed by atoms with Gasteiger partial charge in [0.15, 0.2) is 0 Å². The summed E-state index contributed by atoms with van der Waals surface area (Å²) in [6.45, 7) is 4.02. The SMILES string of the molecule is COc1ccc(C(C)CO)c(OC)c1C. The Balaban J connectivity index is 3.24. The summed E-state index contributed by atoms with van der Waals surface area (Å²) in [5, 5.41) is 9.14. The minimum absolute atomic E-state index is 0.0737. The smallest absolute Gasteiger partial charge is 0.129 e. The van der Waals surface area contributed by atoms with E-state index in [0.717, 1.165) is 22.6 Å². The second-order valence-electron chi connectivity index (χ2n) is 3.60. The fraction of sp³-hybridized carbons (Fsp3) is 0.500. The number of benzene rings is 1. The second kappa shape index (κ2) is 5.03. The zero-order valence-electron chi connectivity index (χ0n) is 9.70. The molecule has 15 heavy (non-hydrogen) atoms. The first-order valence-electron chi connectivity index (χ1n) is 4.98. The topological polar surface area (TPSA) is 38.7 Å². The Hall–Kier alpha value is -1.22. The Labute approximate surface area is 90.6 Å². The lowest BCUT2D eigenvalue weighted by Crippen LogP contribution is -2.04. The molecule has 84 valence electrons. The molecule has 1 N–H and O–H groups in total. The van der Waals surface area contributed by atoms with Crippen LogP contribution in [0.15, 0.2) is 12.1 Å². The van der Waals surface area contributed by atoms with E-state index in [-0.39, 0.29) is 12.5 Å². The van der Waals surface area contributed by atoms with Crippen LogP contribution in [-0.2, 0) is 0 Å². The van der Waals surface area contributed by atoms with Crippen LogP contribution in [0.1, 0.15) is 24.0 Å². The van der Waals surface area contributed by atoms with Crippen LogP contribution < -0.4 is 9.47 Å². The minimum Gasteiger partial charge on any atom is -0.496 e. The molecule has 1 rings (SSSR count). The van der Waals surface area contributed by atoms with E-state index in [0.29, 0.717) is 0 Å². The van der Waals surface area contributed by atoms with E-state index in [2.05, 4.69) is 0 Å². The molecule has 3 nitrogen and oxygen atoms in total. The fourth-order valence-corrected chi connectivity index (χ4v) is 1.67. The number of methoxy groups -OCH3 is 2. The summed E-state index contributed by atoms with van der Waals surface area (Å²) in [5.41, 5.74) is 1.98. The van der Waals surface area contributed by atoms with E-state index in [9.17, 15) is 0 Å². The van der Waals surface area contributed by atoms with Gasteiger partial charge in [-0.25, -0.2) is 0 Å². The molecule has 0 aliphatic rings. The molecule has 1 atom stereocenters. The van der Waals surface area contributed by atoms with Crippen molar-refractivity contribution in [3.8, 4) is 11.5 Å². The molecule has 3 heteroatoms. The van der Waals surface area contributed by atoms with Crippen molar-refractivity contribution in [2.75, 3.05) is 20.8 Å². The molecular formula is C12H18O3. The van der Waals surface area contributed by atoms with Crippen molar-refractivity contribution in [1.82, 2.24) is 0 Å². The third-order valence-corrected chi connectivity index (χ3v) is 2.62. The normalized spacial score (nSPS) is 12.3. The van der Waals surface area contributed by atoms with Gasteiger partial charge in [0.05, 0.1) is 14.2 Å². The molecule has 0 aliphatic heterocycles. The number of rotatable bonds is 4. The molecule has 1 aromatic rings. The molecule has 0 saturated carbocycles. The quantitative estimate of drug-likeness (QED) is 0.827. The maximum Gasteiger partial charge on any atom is 0.129 e. The first-order valence-corrected chi connectivity index (χ1v) is 4.98. The maximum absolute atomic E-state index is 9.14. The van der Waals surface area contributed by atoms with Crippen molar-refractivity contribution in [3.05, 3.63) is 23.3 Å². The monoisotopic (exact) mass is 210 g/mol. The fourth-order valence-electron chi connectivity index (χ4n) is 1.67. The van der Waals surface area contributed by atoms with Gasteiger partial charge in [-0.2, -0.15) is 0 Å². The number of aliphatic hydroxyl groups is 1. The van der Waals surface area contributed by atoms with E-state index in [1.807, 2.05) is 26.0 Å². The highest BCUT2D eigenvalue weighted by Gasteiger charge is 2.15. The number of aliphatic hydroxyl groups excluding tert-OH is 1. The van der Waals surface area contributed by atoms with Crippen LogP contribution in [-0.4, -0.2) is 25.9 Å². The molecule has 1 unspecified atom stereocenters. The molecule has 0 aromatic heterocycles. The van der Waals surface area contributed by atoms with Gasteiger partial charge in [-0.3, -0.25) is 0 Å². The molecule has 0 radical (unpaired) electrons. The Morgan fingerprint density at radius 3 is 2.40 bits per heavy atom. The Morgan fingerprint density at radius 1 is 1.27 bits per heavy atom. The van der Waals surface area contributed by atoms with Crippen LogP contribution in [0.5, 0.6) is 11.5 Å². The summed E-state index contributed by atoms with van der Waals surface area (Å²) in [5.74, 6) is 1.68. The molecule has 0 saturated heterocycles. The third-order valence-electron chi connectivity index (χ3n) is 2.62. The Kier molecular flexibility index (Phi) is 3.97. The van der Waals surface area contributed by atoms with Gasteiger partial charge in [0.2, 0.25) is 0 Å². The largest absolute Gasteiger partial charge is 0.496 e. The molecule has 0 spiro atoms. The zero-order chi connectivity index (χ0) is 11.4. The predicted molar refractivity (Wildman–Crippen MR) is 59.8 cm³/mol. The van der Waals surface area contributed by atoms with Crippen LogP contribution >= 0.6 is 0 Å². The zero-order valence-corrected chi connectivity index (χ0v) is 9.70. The van der Waals surface area contributed by atoms with Crippen LogP contribution in [0.2, 0.25) is 0 Å². The maximum atomic E-state index is 9.14. The molecule has 0 heterocycles. The highest BCUT2D eigenvalue weighted by molar-refractivity contribution is 5.50. The average molecular weight is 210 g/mol. The van der Waals surface area contributed by atoms with E-state index in [4.69, 9.17) is 14.6 Å². The summed E-state index contributed by atoms with van der Waals surface area (Å²) < 4.78 is 10.6. The van der Waals surface area contributed by atoms with Crippen LogP contribution in [0.4, 0.5) is 0 Å². The average Bonchev–Trinajstić information content (AvgIpc) is 2.27. The Bertz CT molecular complexity index is 334. The van der Waals surface area contributed by atoms with Crippen LogP contribution in [0.3, 0.4) is 0 Å². The molecule has 0 amide bonds. The summed E-state index contributed by atoms with van der Waals surface area (Å²) in [6.07, 6.45) is 0. The van der Waals surface area contributed by atoms with Crippen molar-refractivity contribution in [3.63, 3.8) is 0 Å². The highest BCUT2D eigenvalue weighted by Crippen LogP contribution is 2.35. The Morgan fingerprint density at radius 2 is 1.93 bits per heavy atom. The third kappa shape index (κ3) is 2.23. The molecule has 1 aromatic carbocycles. The minimum atomic E-state index is 0.0737. The van der Waals surface area contributed by atoms with Gasteiger partial charge in [0, 0.05) is 18.1 Å². The predicted octanol–water partition coefficient (Wildman–Crippen LogP) is 2.11. The van der Waals surface area contributed by atoms with E-state index in [1.165, 1.54) is 0 Å². The van der Waals surface area contributed by atoms with Gasteiger partial charge in [-0.05, 0) is 18.6 Å². The van der Waals surface area contributed by atoms with Crippen molar-refractivity contribution < 1.29 is 14.6 Å². The number of hydrogen-bond donors (Lipinski definition) is 1. The molecule has 0 fully saturated rings. The second-order valence-corrected chi connectivity index (χ2v) is 3.60. The molecular weight excluding hydrogens is 192 g/mol. The summed E-state index contributed by atoms with van der Waals surface area (Å²) in [7, 11) is 3.27. The summed E-state index contributed by atoms with van der Waals surface area (Å²) in [4.78, 5) is 0. The first kappa shape index (κ1) is 11.9. The number of hydrogen-bond acceptors (Lipinski definition) is 3. The lowest BCUT2D eigenvalue weighted by molar-refractivity contribution is 0.269. The lowest BCUT2D eigenvalue weighted by Gasteiger charge is -2.17. The van der Waals surface area contributed by atoms with Gasteiger partial charge in [-0.1, -0.05) is 13.0 Å². The van der Waals surface area contributed by atoms with Crippen molar-refractivity contribution >= 4 is 0 Å². The number of ether oxygens (including phenoxy) is 2. The van der Waals surface area contributed by atoms with Crippen LogP contribution in [0.25, 0.3) is 0 Å². The summed E-state index contributed by atoms with van der Waals surface area (Å²) >= 11 is 0. The van der Waals surface area contributed by atoms with Gasteiger partial charge < -0.3 is 14.6 Å². The van der Waals surface area contributed by atoms with E-state index >= 15 is 0 Å². The van der Waals surface area contributed by atoms with Gasteiger partial charge in [0.1, 0.15) is 11.5 Å². The molecule has 0 aliphatic carbocycles. The van der Waals surface area contributed by atoms with E-state index < -0.39 is 0 Å². The van der Waals surface area contributed by atoms with Gasteiger partial charge in [0.25, 0.3) is 0 Å². The first-order chi connectivity index (χ1) is 7.15. The van der Waals surface area contributed by atoms with E-state index in [1.54, 1.807) is 14.2 Å². The highest BCUT2D eigenvalue weighted by atomic mass is 16.5. The lowest BCUT2D eigenvalue weighted by atomic mass is 9.98. The van der Waals surface area contributed by atoms with Crippen LogP contribution in [0, 0.1) is 6.92 Å². The standard InChI is InChI=1S/C12H18O3/c1-8(7-13)10-5-6-11(14-3)9(2)12(10)15-4/h5-6,8,13H,7H2,1-4H3. The van der Waals surface area contributed by atoms with Gasteiger partial charge in [-0.15, -0.1) is 0 Å². The van der Waals surface area contributed by atoms with Gasteiger partial charge >= 0.3 is 0 Å². The molecule has 0 bridgehead atoms. The van der Waals surface area contributed by atoms with Crippen molar-refractivity contribution in [2.45, 2.75) is 19.8 Å². The van der Waals surface area contributed by atoms with Crippen molar-refractivity contribution in [2.24, 2.45) is 0 Å². The van der Waals surface area contributed by atoms with Crippen molar-refractivity contribution in [1.29, 1.82) is 0 Å². The summed E-state index contributed by atoms with van der Waals surface area (Å²) in [6, 6.07) is 3.84.